The van der Waals surface area contributed by atoms with E-state index in [1.54, 1.807) is 6.07 Å². The smallest absolute Gasteiger partial charge is 0.128 e. The molecule has 0 amide bonds. The number of benzene rings is 1. The summed E-state index contributed by atoms with van der Waals surface area (Å²) in [5.74, 6) is 5.53. The lowest BCUT2D eigenvalue weighted by molar-refractivity contribution is 0.100. The van der Waals surface area contributed by atoms with Crippen molar-refractivity contribution in [3.8, 4) is 17.6 Å². The summed E-state index contributed by atoms with van der Waals surface area (Å²) in [6.07, 6.45) is 0.971. The van der Waals surface area contributed by atoms with Crippen LogP contribution in [0.2, 0.25) is 0 Å². The van der Waals surface area contributed by atoms with Crippen molar-refractivity contribution in [2.75, 3.05) is 26.4 Å². The van der Waals surface area contributed by atoms with E-state index in [-0.39, 0.29) is 12.4 Å². The van der Waals surface area contributed by atoms with Gasteiger partial charge in [-0.2, -0.15) is 0 Å². The average molecular weight is 251 g/mol. The Kier molecular flexibility index (Phi) is 6.85. The second-order valence-electron chi connectivity index (χ2n) is 3.64. The lowest BCUT2D eigenvalue weighted by atomic mass is 10.2. The van der Waals surface area contributed by atoms with Crippen LogP contribution in [-0.4, -0.2) is 26.4 Å². The second-order valence-corrected chi connectivity index (χ2v) is 3.64. The van der Waals surface area contributed by atoms with Gasteiger partial charge >= 0.3 is 0 Å². The van der Waals surface area contributed by atoms with Gasteiger partial charge in [-0.25, -0.2) is 4.39 Å². The Morgan fingerprint density at radius 2 is 2.06 bits per heavy atom. The van der Waals surface area contributed by atoms with E-state index in [9.17, 15) is 4.39 Å². The van der Waals surface area contributed by atoms with Crippen molar-refractivity contribution < 1.29 is 13.9 Å². The molecule has 0 atom stereocenters. The minimum atomic E-state index is -0.372. The molecule has 0 bridgehead atoms. The zero-order valence-corrected chi connectivity index (χ0v) is 10.5. The zero-order chi connectivity index (χ0) is 13.2. The molecule has 0 saturated carbocycles. The predicted molar refractivity (Wildman–Crippen MR) is 68.9 cm³/mol. The van der Waals surface area contributed by atoms with Crippen LogP contribution in [0.15, 0.2) is 18.2 Å². The molecule has 0 heterocycles. The summed E-state index contributed by atoms with van der Waals surface area (Å²) in [5, 5.41) is 0. The molecule has 18 heavy (non-hydrogen) atoms. The fraction of sp³-hybridized carbons (Fsp3) is 0.429. The second kappa shape index (κ2) is 8.51. The molecular formula is C14H18FNO2. The van der Waals surface area contributed by atoms with E-state index in [1.807, 2.05) is 6.92 Å². The number of nitrogens with two attached hydrogens (primary N) is 1. The van der Waals surface area contributed by atoms with Crippen molar-refractivity contribution in [3.05, 3.63) is 29.6 Å². The third kappa shape index (κ3) is 5.67. The summed E-state index contributed by atoms with van der Waals surface area (Å²) in [4.78, 5) is 0. The maximum absolute atomic E-state index is 13.3. The molecule has 2 N–H and O–H groups in total. The van der Waals surface area contributed by atoms with Gasteiger partial charge in [-0.1, -0.05) is 18.8 Å². The lowest BCUT2D eigenvalue weighted by Gasteiger charge is -2.07. The molecule has 0 radical (unpaired) electrons. The van der Waals surface area contributed by atoms with Gasteiger partial charge in [0.05, 0.1) is 13.2 Å². The Morgan fingerprint density at radius 3 is 2.78 bits per heavy atom. The van der Waals surface area contributed by atoms with Gasteiger partial charge in [0.1, 0.15) is 18.2 Å². The summed E-state index contributed by atoms with van der Waals surface area (Å²) in [7, 11) is 0. The van der Waals surface area contributed by atoms with E-state index < -0.39 is 0 Å². The fourth-order valence-corrected chi connectivity index (χ4v) is 1.34. The normalized spacial score (nSPS) is 9.72. The number of rotatable bonds is 6. The zero-order valence-electron chi connectivity index (χ0n) is 10.5. The van der Waals surface area contributed by atoms with Crippen LogP contribution < -0.4 is 10.5 Å². The first kappa shape index (κ1) is 14.5. The van der Waals surface area contributed by atoms with Crippen molar-refractivity contribution in [1.29, 1.82) is 0 Å². The highest BCUT2D eigenvalue weighted by atomic mass is 19.1. The molecule has 98 valence electrons. The topological polar surface area (TPSA) is 44.5 Å². The lowest BCUT2D eigenvalue weighted by Crippen LogP contribution is -2.07. The van der Waals surface area contributed by atoms with E-state index in [4.69, 9.17) is 15.2 Å². The molecule has 3 nitrogen and oxygen atoms in total. The van der Waals surface area contributed by atoms with Crippen molar-refractivity contribution in [1.82, 2.24) is 0 Å². The molecule has 0 unspecified atom stereocenters. The summed E-state index contributed by atoms with van der Waals surface area (Å²) < 4.78 is 23.9. The van der Waals surface area contributed by atoms with Gasteiger partial charge in [0.2, 0.25) is 0 Å². The maximum atomic E-state index is 13.3. The minimum Gasteiger partial charge on any atom is -0.491 e. The van der Waals surface area contributed by atoms with Gasteiger partial charge < -0.3 is 15.2 Å². The number of halogens is 1. The molecule has 1 aromatic rings. The Hall–Kier alpha value is -1.57. The van der Waals surface area contributed by atoms with E-state index in [0.29, 0.717) is 31.1 Å². The predicted octanol–water partition coefficient (Wildman–Crippen LogP) is 1.94. The number of ether oxygens (including phenoxy) is 2. The summed E-state index contributed by atoms with van der Waals surface area (Å²) >= 11 is 0. The molecule has 0 aliphatic carbocycles. The summed E-state index contributed by atoms with van der Waals surface area (Å²) in [6.45, 7) is 3.88. The molecule has 0 spiro atoms. The third-order valence-corrected chi connectivity index (χ3v) is 2.05. The average Bonchev–Trinajstić information content (AvgIpc) is 2.35. The maximum Gasteiger partial charge on any atom is 0.128 e. The molecule has 1 rings (SSSR count). The SMILES string of the molecule is CCCOCCOc1cc(F)cc(C#CCN)c1. The molecule has 4 heteroatoms. The first-order valence-corrected chi connectivity index (χ1v) is 5.96. The quantitative estimate of drug-likeness (QED) is 0.620. The number of hydrogen-bond donors (Lipinski definition) is 1. The van der Waals surface area contributed by atoms with Crippen molar-refractivity contribution in [2.45, 2.75) is 13.3 Å². The van der Waals surface area contributed by atoms with Crippen LogP contribution in [0, 0.1) is 17.7 Å². The van der Waals surface area contributed by atoms with E-state index in [1.165, 1.54) is 12.1 Å². The highest BCUT2D eigenvalue weighted by Gasteiger charge is 2.00. The first-order chi connectivity index (χ1) is 8.76. The largest absolute Gasteiger partial charge is 0.491 e. The third-order valence-electron chi connectivity index (χ3n) is 2.05. The van der Waals surface area contributed by atoms with E-state index in [0.717, 1.165) is 6.42 Å². The molecule has 1 aromatic carbocycles. The number of hydrogen-bond acceptors (Lipinski definition) is 3. The molecule has 0 aliphatic heterocycles. The van der Waals surface area contributed by atoms with Gasteiger partial charge in [-0.3, -0.25) is 0 Å². The van der Waals surface area contributed by atoms with Crippen LogP contribution in [0.5, 0.6) is 5.75 Å². The standard InChI is InChI=1S/C14H18FNO2/c1-2-6-17-7-8-18-14-10-12(4-3-5-16)9-13(15)11-14/h9-11H,2,5-8,16H2,1H3. The van der Waals surface area contributed by atoms with E-state index >= 15 is 0 Å². The van der Waals surface area contributed by atoms with Crippen LogP contribution in [-0.2, 0) is 4.74 Å². The summed E-state index contributed by atoms with van der Waals surface area (Å²) in [6, 6.07) is 4.36. The molecule has 0 saturated heterocycles. The van der Waals surface area contributed by atoms with Gasteiger partial charge in [0.15, 0.2) is 0 Å². The molecular weight excluding hydrogens is 233 g/mol. The Morgan fingerprint density at radius 1 is 1.22 bits per heavy atom. The Bertz CT molecular complexity index is 424. The van der Waals surface area contributed by atoms with Crippen molar-refractivity contribution in [3.63, 3.8) is 0 Å². The van der Waals surface area contributed by atoms with E-state index in [2.05, 4.69) is 11.8 Å². The Balaban J connectivity index is 2.52. The minimum absolute atomic E-state index is 0.248. The van der Waals surface area contributed by atoms with Crippen LogP contribution in [0.25, 0.3) is 0 Å². The van der Waals surface area contributed by atoms with Crippen molar-refractivity contribution >= 4 is 0 Å². The first-order valence-electron chi connectivity index (χ1n) is 5.96. The van der Waals surface area contributed by atoms with Gasteiger partial charge in [-0.05, 0) is 18.6 Å². The summed E-state index contributed by atoms with van der Waals surface area (Å²) in [5.41, 5.74) is 5.82. The van der Waals surface area contributed by atoms with Crippen LogP contribution >= 0.6 is 0 Å². The van der Waals surface area contributed by atoms with Gasteiger partial charge in [0.25, 0.3) is 0 Å². The van der Waals surface area contributed by atoms with Gasteiger partial charge in [-0.15, -0.1) is 0 Å². The van der Waals surface area contributed by atoms with Crippen LogP contribution in [0.4, 0.5) is 4.39 Å². The molecule has 0 aliphatic rings. The Labute approximate surface area is 107 Å². The molecule has 0 aromatic heterocycles. The van der Waals surface area contributed by atoms with Crippen molar-refractivity contribution in [2.24, 2.45) is 5.73 Å². The fourth-order valence-electron chi connectivity index (χ4n) is 1.34. The van der Waals surface area contributed by atoms with Crippen LogP contribution in [0.1, 0.15) is 18.9 Å². The highest BCUT2D eigenvalue weighted by molar-refractivity contribution is 5.40. The molecule has 0 fully saturated rings. The highest BCUT2D eigenvalue weighted by Crippen LogP contribution is 2.15. The monoisotopic (exact) mass is 251 g/mol. The van der Waals surface area contributed by atoms with Gasteiger partial charge in [0, 0.05) is 18.2 Å². The van der Waals surface area contributed by atoms with Crippen LogP contribution in [0.3, 0.4) is 0 Å².